The maximum Gasteiger partial charge on any atom is 0.331 e. The lowest BCUT2D eigenvalue weighted by Crippen LogP contribution is -2.14. The number of esters is 1. The van der Waals surface area contributed by atoms with Gasteiger partial charge in [-0.15, -0.1) is 0 Å². The fourth-order valence-corrected chi connectivity index (χ4v) is 2.27. The van der Waals surface area contributed by atoms with Gasteiger partial charge in [-0.1, -0.05) is 12.1 Å². The highest BCUT2D eigenvalue weighted by Gasteiger charge is 2.09. The second-order valence-electron chi connectivity index (χ2n) is 5.59. The largest absolute Gasteiger partial charge is 0.504 e. The Morgan fingerprint density at radius 1 is 0.963 bits per heavy atom. The number of methoxy groups -OCH3 is 2. The zero-order chi connectivity index (χ0) is 19.8. The first kappa shape index (κ1) is 19.8. The molecule has 0 aliphatic heterocycles. The molecule has 0 heterocycles. The molecule has 0 spiro atoms. The summed E-state index contributed by atoms with van der Waals surface area (Å²) in [5.74, 6) is -0.436. The lowest BCUT2D eigenvalue weighted by atomic mass is 10.1. The van der Waals surface area contributed by atoms with E-state index in [4.69, 9.17) is 14.2 Å². The van der Waals surface area contributed by atoms with E-state index in [9.17, 15) is 19.8 Å². The molecule has 0 amide bonds. The van der Waals surface area contributed by atoms with Crippen LogP contribution in [0.25, 0.3) is 6.08 Å². The topological polar surface area (TPSA) is 102 Å². The first-order chi connectivity index (χ1) is 12.9. The number of carbonyl (C=O) groups is 2. The Labute approximate surface area is 156 Å². The van der Waals surface area contributed by atoms with Gasteiger partial charge in [0.05, 0.1) is 14.2 Å². The van der Waals surface area contributed by atoms with Gasteiger partial charge in [0.15, 0.2) is 35.4 Å². The second-order valence-corrected chi connectivity index (χ2v) is 5.59. The summed E-state index contributed by atoms with van der Waals surface area (Å²) in [6, 6.07) is 9.18. The van der Waals surface area contributed by atoms with Crippen LogP contribution in [0.3, 0.4) is 0 Å². The Morgan fingerprint density at radius 2 is 1.59 bits per heavy atom. The number of hydrogen-bond acceptors (Lipinski definition) is 7. The normalized spacial score (nSPS) is 10.6. The van der Waals surface area contributed by atoms with Gasteiger partial charge in [-0.05, 0) is 41.5 Å². The first-order valence-corrected chi connectivity index (χ1v) is 8.02. The van der Waals surface area contributed by atoms with Gasteiger partial charge in [0.25, 0.3) is 0 Å². The first-order valence-electron chi connectivity index (χ1n) is 8.02. The van der Waals surface area contributed by atoms with Crippen LogP contribution in [-0.4, -0.2) is 42.8 Å². The highest BCUT2D eigenvalue weighted by molar-refractivity contribution is 5.90. The van der Waals surface area contributed by atoms with E-state index in [-0.39, 0.29) is 41.8 Å². The molecular formula is C20H20O7. The molecule has 0 atom stereocenters. The molecule has 0 radical (unpaired) electrons. The second kappa shape index (κ2) is 9.28. The predicted molar refractivity (Wildman–Crippen MR) is 98.0 cm³/mol. The van der Waals surface area contributed by atoms with Crippen molar-refractivity contribution in [1.29, 1.82) is 0 Å². The number of ketones is 1. The minimum Gasteiger partial charge on any atom is -0.504 e. The molecule has 2 aromatic carbocycles. The SMILES string of the molecule is COc1cc(/C=C/C(=O)OCC(=O)Cc2ccc(O)c(OC)c2)ccc1O. The van der Waals surface area contributed by atoms with Crippen LogP contribution >= 0.6 is 0 Å². The highest BCUT2D eigenvalue weighted by atomic mass is 16.5. The van der Waals surface area contributed by atoms with E-state index in [1.807, 2.05) is 0 Å². The number of ether oxygens (including phenoxy) is 3. The number of phenols is 2. The molecule has 7 nitrogen and oxygen atoms in total. The molecule has 0 saturated heterocycles. The summed E-state index contributed by atoms with van der Waals surface area (Å²) in [4.78, 5) is 23.7. The molecule has 0 aromatic heterocycles. The predicted octanol–water partition coefficient (Wildman–Crippen LogP) is 2.48. The fourth-order valence-electron chi connectivity index (χ4n) is 2.27. The van der Waals surface area contributed by atoms with Crippen molar-refractivity contribution in [2.45, 2.75) is 6.42 Å². The third kappa shape index (κ3) is 5.78. The Balaban J connectivity index is 1.87. The standard InChI is InChI=1S/C20H20O7/c1-25-18-10-13(3-6-16(18)22)5-8-20(24)27-12-15(21)9-14-4-7-17(23)19(11-14)26-2/h3-8,10-11,22-23H,9,12H2,1-2H3/b8-5+. The lowest BCUT2D eigenvalue weighted by molar-refractivity contribution is -0.142. The summed E-state index contributed by atoms with van der Waals surface area (Å²) in [7, 11) is 2.84. The molecule has 2 N–H and O–H groups in total. The number of phenolic OH excluding ortho intramolecular Hbond substituents is 2. The van der Waals surface area contributed by atoms with E-state index >= 15 is 0 Å². The molecule has 0 aliphatic carbocycles. The quantitative estimate of drug-likeness (QED) is 0.542. The van der Waals surface area contributed by atoms with E-state index in [1.54, 1.807) is 24.3 Å². The van der Waals surface area contributed by atoms with Crippen LogP contribution in [0.2, 0.25) is 0 Å². The number of carbonyl (C=O) groups excluding carboxylic acids is 2. The van der Waals surface area contributed by atoms with E-state index in [0.717, 1.165) is 0 Å². The maximum absolute atomic E-state index is 11.9. The van der Waals surface area contributed by atoms with Crippen molar-refractivity contribution >= 4 is 17.8 Å². The van der Waals surface area contributed by atoms with Gasteiger partial charge in [0, 0.05) is 12.5 Å². The van der Waals surface area contributed by atoms with Crippen molar-refractivity contribution in [2.75, 3.05) is 20.8 Å². The van der Waals surface area contributed by atoms with Crippen molar-refractivity contribution in [3.8, 4) is 23.0 Å². The minimum atomic E-state index is -0.668. The monoisotopic (exact) mass is 372 g/mol. The number of Topliss-reactive ketones (excluding diaryl/α,β-unsaturated/α-hetero) is 1. The molecular weight excluding hydrogens is 352 g/mol. The Kier molecular flexibility index (Phi) is 6.82. The maximum atomic E-state index is 11.9. The number of hydrogen-bond donors (Lipinski definition) is 2. The number of rotatable bonds is 8. The summed E-state index contributed by atoms with van der Waals surface area (Å²) in [5, 5.41) is 19.1. The molecule has 0 saturated carbocycles. The molecule has 27 heavy (non-hydrogen) atoms. The summed E-state index contributed by atoms with van der Waals surface area (Å²) in [6.45, 7) is -0.370. The molecule has 0 fully saturated rings. The molecule has 142 valence electrons. The minimum absolute atomic E-state index is 0.00585. The lowest BCUT2D eigenvalue weighted by Gasteiger charge is -2.06. The molecule has 2 aromatic rings. The molecule has 0 bridgehead atoms. The van der Waals surface area contributed by atoms with E-state index in [0.29, 0.717) is 11.1 Å². The Morgan fingerprint density at radius 3 is 2.26 bits per heavy atom. The zero-order valence-corrected chi connectivity index (χ0v) is 15.0. The Bertz CT molecular complexity index is 855. The van der Waals surface area contributed by atoms with Gasteiger partial charge >= 0.3 is 5.97 Å². The van der Waals surface area contributed by atoms with Crippen molar-refractivity contribution in [1.82, 2.24) is 0 Å². The summed E-state index contributed by atoms with van der Waals surface area (Å²) in [6.07, 6.45) is 2.71. The average molecular weight is 372 g/mol. The van der Waals surface area contributed by atoms with Crippen LogP contribution in [0.4, 0.5) is 0 Å². The molecule has 7 heteroatoms. The smallest absolute Gasteiger partial charge is 0.331 e. The zero-order valence-electron chi connectivity index (χ0n) is 15.0. The van der Waals surface area contributed by atoms with Crippen LogP contribution in [0.1, 0.15) is 11.1 Å². The molecule has 0 unspecified atom stereocenters. The van der Waals surface area contributed by atoms with Crippen LogP contribution in [0.15, 0.2) is 42.5 Å². The number of aromatic hydroxyl groups is 2. The van der Waals surface area contributed by atoms with Crippen molar-refractivity contribution < 1.29 is 34.0 Å². The van der Waals surface area contributed by atoms with E-state index < -0.39 is 5.97 Å². The van der Waals surface area contributed by atoms with Crippen LogP contribution in [0.5, 0.6) is 23.0 Å². The number of benzene rings is 2. The van der Waals surface area contributed by atoms with Gasteiger partial charge in [0.1, 0.15) is 0 Å². The van der Waals surface area contributed by atoms with Crippen molar-refractivity contribution in [3.05, 3.63) is 53.6 Å². The van der Waals surface area contributed by atoms with Crippen molar-refractivity contribution in [3.63, 3.8) is 0 Å². The van der Waals surface area contributed by atoms with Gasteiger partial charge < -0.3 is 24.4 Å². The third-order valence-corrected chi connectivity index (χ3v) is 3.64. The van der Waals surface area contributed by atoms with Gasteiger partial charge in [-0.2, -0.15) is 0 Å². The van der Waals surface area contributed by atoms with Gasteiger partial charge in [0.2, 0.25) is 0 Å². The van der Waals surface area contributed by atoms with Gasteiger partial charge in [-0.3, -0.25) is 4.79 Å². The summed E-state index contributed by atoms with van der Waals surface area (Å²) >= 11 is 0. The van der Waals surface area contributed by atoms with E-state index in [2.05, 4.69) is 0 Å². The molecule has 2 rings (SSSR count). The highest BCUT2D eigenvalue weighted by Crippen LogP contribution is 2.27. The van der Waals surface area contributed by atoms with Crippen LogP contribution < -0.4 is 9.47 Å². The summed E-state index contributed by atoms with van der Waals surface area (Å²) < 4.78 is 14.9. The molecule has 0 aliphatic rings. The van der Waals surface area contributed by atoms with E-state index in [1.165, 1.54) is 38.5 Å². The van der Waals surface area contributed by atoms with Crippen LogP contribution in [-0.2, 0) is 20.7 Å². The Hall–Kier alpha value is -3.48. The van der Waals surface area contributed by atoms with Crippen LogP contribution in [0, 0.1) is 0 Å². The van der Waals surface area contributed by atoms with Gasteiger partial charge in [-0.25, -0.2) is 4.79 Å². The fraction of sp³-hybridized carbons (Fsp3) is 0.200. The third-order valence-electron chi connectivity index (χ3n) is 3.64. The summed E-state index contributed by atoms with van der Waals surface area (Å²) in [5.41, 5.74) is 1.27. The van der Waals surface area contributed by atoms with Crippen molar-refractivity contribution in [2.24, 2.45) is 0 Å². The average Bonchev–Trinajstić information content (AvgIpc) is 2.67.